The second-order valence-corrected chi connectivity index (χ2v) is 8.28. The second kappa shape index (κ2) is 7.24. The molecule has 2 aromatic heterocycles. The minimum absolute atomic E-state index is 0.154. The summed E-state index contributed by atoms with van der Waals surface area (Å²) in [5.74, 6) is -1.47. The number of aromatic nitrogens is 2. The maximum Gasteiger partial charge on any atom is 0.238 e. The van der Waals surface area contributed by atoms with Crippen LogP contribution in [0.3, 0.4) is 0 Å². The molecule has 0 bridgehead atoms. The predicted octanol–water partition coefficient (Wildman–Crippen LogP) is 5.09. The van der Waals surface area contributed by atoms with E-state index in [1.807, 2.05) is 91.3 Å². The SMILES string of the molecule is O=C1C(c2c[nH]c3ccccc23)C(c2c[nH]c3ccccc23)C(=O)N1Cc1ccccc1. The molecule has 1 aliphatic heterocycles. The Balaban J connectivity index is 1.52. The van der Waals surface area contributed by atoms with Crippen LogP contribution >= 0.6 is 0 Å². The summed E-state index contributed by atoms with van der Waals surface area (Å²) in [6, 6.07) is 25.5. The number of imide groups is 1. The second-order valence-electron chi connectivity index (χ2n) is 8.28. The molecule has 2 amide bonds. The Labute approximate surface area is 184 Å². The van der Waals surface area contributed by atoms with E-state index >= 15 is 0 Å². The van der Waals surface area contributed by atoms with Crippen LogP contribution in [0.1, 0.15) is 28.5 Å². The van der Waals surface area contributed by atoms with Crippen molar-refractivity contribution in [3.63, 3.8) is 0 Å². The Bertz CT molecular complexity index is 1370. The van der Waals surface area contributed by atoms with Gasteiger partial charge in [0, 0.05) is 34.2 Å². The van der Waals surface area contributed by atoms with Gasteiger partial charge in [-0.25, -0.2) is 0 Å². The van der Waals surface area contributed by atoms with Crippen molar-refractivity contribution in [1.29, 1.82) is 0 Å². The number of fused-ring (bicyclic) bond motifs is 2. The first kappa shape index (κ1) is 18.6. The molecule has 3 heterocycles. The Kier molecular flexibility index (Phi) is 4.21. The zero-order valence-corrected chi connectivity index (χ0v) is 17.3. The Morgan fingerprint density at radius 3 is 1.62 bits per heavy atom. The number of likely N-dealkylation sites (tertiary alicyclic amines) is 1. The smallest absolute Gasteiger partial charge is 0.238 e. The normalized spacial score (nSPS) is 18.8. The van der Waals surface area contributed by atoms with Gasteiger partial charge in [0.25, 0.3) is 0 Å². The van der Waals surface area contributed by atoms with Crippen molar-refractivity contribution >= 4 is 33.6 Å². The molecule has 1 saturated heterocycles. The number of rotatable bonds is 4. The fourth-order valence-corrected chi connectivity index (χ4v) is 4.98. The summed E-state index contributed by atoms with van der Waals surface area (Å²) in [6.07, 6.45) is 3.77. The van der Waals surface area contributed by atoms with Gasteiger partial charge in [-0.1, -0.05) is 66.7 Å². The van der Waals surface area contributed by atoms with E-state index in [0.29, 0.717) is 0 Å². The van der Waals surface area contributed by atoms with E-state index in [1.165, 1.54) is 4.90 Å². The molecule has 32 heavy (non-hydrogen) atoms. The van der Waals surface area contributed by atoms with E-state index in [9.17, 15) is 9.59 Å². The lowest BCUT2D eigenvalue weighted by Crippen LogP contribution is -2.30. The number of para-hydroxylation sites is 2. The average molecular weight is 419 g/mol. The minimum Gasteiger partial charge on any atom is -0.361 e. The molecule has 2 N–H and O–H groups in total. The summed E-state index contributed by atoms with van der Waals surface area (Å²) in [6.45, 7) is 0.274. The van der Waals surface area contributed by atoms with Crippen LogP contribution in [0.25, 0.3) is 21.8 Å². The average Bonchev–Trinajstić information content (AvgIpc) is 3.50. The maximum atomic E-state index is 13.8. The highest BCUT2D eigenvalue weighted by Gasteiger charge is 2.50. The van der Waals surface area contributed by atoms with Crippen molar-refractivity contribution in [2.75, 3.05) is 0 Å². The number of nitrogens with zero attached hydrogens (tertiary/aromatic N) is 1. The molecule has 156 valence electrons. The molecule has 6 rings (SSSR count). The van der Waals surface area contributed by atoms with E-state index < -0.39 is 11.8 Å². The number of hydrogen-bond acceptors (Lipinski definition) is 2. The van der Waals surface area contributed by atoms with Gasteiger partial charge < -0.3 is 9.97 Å². The predicted molar refractivity (Wildman–Crippen MR) is 124 cm³/mol. The number of aromatic amines is 2. The van der Waals surface area contributed by atoms with Crippen molar-refractivity contribution in [3.05, 3.63) is 108 Å². The first-order valence-corrected chi connectivity index (χ1v) is 10.7. The Morgan fingerprint density at radius 1 is 0.625 bits per heavy atom. The first-order valence-electron chi connectivity index (χ1n) is 10.7. The van der Waals surface area contributed by atoms with Gasteiger partial charge >= 0.3 is 0 Å². The van der Waals surface area contributed by atoms with Gasteiger partial charge in [-0.05, 0) is 28.8 Å². The number of H-pyrrole nitrogens is 2. The van der Waals surface area contributed by atoms with Gasteiger partial charge in [0.05, 0.1) is 18.4 Å². The monoisotopic (exact) mass is 419 g/mol. The molecule has 5 nitrogen and oxygen atoms in total. The highest BCUT2D eigenvalue weighted by Crippen LogP contribution is 2.46. The molecule has 5 aromatic rings. The van der Waals surface area contributed by atoms with Crippen LogP contribution in [0.15, 0.2) is 91.3 Å². The summed E-state index contributed by atoms with van der Waals surface area (Å²) < 4.78 is 0. The van der Waals surface area contributed by atoms with Crippen LogP contribution in [-0.2, 0) is 16.1 Å². The van der Waals surface area contributed by atoms with Gasteiger partial charge in [-0.3, -0.25) is 14.5 Å². The third-order valence-corrected chi connectivity index (χ3v) is 6.49. The standard InChI is InChI=1S/C27H21N3O2/c31-26-24(20-14-28-22-12-6-4-10-18(20)22)25(21-15-29-23-13-7-5-11-19(21)23)27(32)30(26)16-17-8-2-1-3-9-17/h1-15,24-25,28-29H,16H2. The van der Waals surface area contributed by atoms with E-state index in [2.05, 4.69) is 9.97 Å². The highest BCUT2D eigenvalue weighted by atomic mass is 16.2. The zero-order chi connectivity index (χ0) is 21.7. The van der Waals surface area contributed by atoms with Crippen LogP contribution in [0.2, 0.25) is 0 Å². The zero-order valence-electron chi connectivity index (χ0n) is 17.3. The molecule has 2 unspecified atom stereocenters. The number of hydrogen-bond donors (Lipinski definition) is 2. The molecule has 1 aliphatic rings. The molecule has 2 atom stereocenters. The molecule has 5 heteroatoms. The first-order chi connectivity index (χ1) is 15.7. The van der Waals surface area contributed by atoms with Crippen molar-refractivity contribution in [2.45, 2.75) is 18.4 Å². The van der Waals surface area contributed by atoms with Crippen LogP contribution in [0.5, 0.6) is 0 Å². The third kappa shape index (κ3) is 2.78. The van der Waals surface area contributed by atoms with Crippen LogP contribution in [0.4, 0.5) is 0 Å². The molecule has 0 radical (unpaired) electrons. The van der Waals surface area contributed by atoms with E-state index in [-0.39, 0.29) is 18.4 Å². The largest absolute Gasteiger partial charge is 0.361 e. The quantitative estimate of drug-likeness (QED) is 0.399. The highest BCUT2D eigenvalue weighted by molar-refractivity contribution is 6.13. The van der Waals surface area contributed by atoms with Crippen molar-refractivity contribution in [1.82, 2.24) is 14.9 Å². The number of amides is 2. The third-order valence-electron chi connectivity index (χ3n) is 6.49. The van der Waals surface area contributed by atoms with Crippen LogP contribution < -0.4 is 0 Å². The minimum atomic E-state index is -0.582. The number of nitrogens with one attached hydrogen (secondary N) is 2. The van der Waals surface area contributed by atoms with Gasteiger partial charge in [-0.2, -0.15) is 0 Å². The number of benzene rings is 3. The van der Waals surface area contributed by atoms with Gasteiger partial charge in [-0.15, -0.1) is 0 Å². The maximum absolute atomic E-state index is 13.8. The lowest BCUT2D eigenvalue weighted by molar-refractivity contribution is -0.139. The summed E-state index contributed by atoms with van der Waals surface area (Å²) in [7, 11) is 0. The van der Waals surface area contributed by atoms with E-state index in [1.54, 1.807) is 0 Å². The molecule has 0 aliphatic carbocycles. The van der Waals surface area contributed by atoms with Crippen LogP contribution in [-0.4, -0.2) is 26.7 Å². The fraction of sp³-hybridized carbons (Fsp3) is 0.111. The molecule has 0 spiro atoms. The number of carbonyl (C=O) groups excluding carboxylic acids is 2. The van der Waals surface area contributed by atoms with E-state index in [4.69, 9.17) is 0 Å². The lowest BCUT2D eigenvalue weighted by atomic mass is 9.83. The molecule has 0 saturated carbocycles. The van der Waals surface area contributed by atoms with Crippen LogP contribution in [0, 0.1) is 0 Å². The van der Waals surface area contributed by atoms with Crippen molar-refractivity contribution in [3.8, 4) is 0 Å². The number of carbonyl (C=O) groups is 2. The molecule has 3 aromatic carbocycles. The Hall–Kier alpha value is -4.12. The van der Waals surface area contributed by atoms with Gasteiger partial charge in [0.2, 0.25) is 11.8 Å². The summed E-state index contributed by atoms with van der Waals surface area (Å²) >= 11 is 0. The lowest BCUT2D eigenvalue weighted by Gasteiger charge is -2.14. The summed E-state index contributed by atoms with van der Waals surface area (Å²) in [4.78, 5) is 35.6. The van der Waals surface area contributed by atoms with Crippen molar-refractivity contribution < 1.29 is 9.59 Å². The molecular formula is C27H21N3O2. The fourth-order valence-electron chi connectivity index (χ4n) is 4.98. The molecular weight excluding hydrogens is 398 g/mol. The van der Waals surface area contributed by atoms with Gasteiger partial charge in [0.1, 0.15) is 0 Å². The van der Waals surface area contributed by atoms with E-state index in [0.717, 1.165) is 38.5 Å². The topological polar surface area (TPSA) is 69.0 Å². The van der Waals surface area contributed by atoms with Gasteiger partial charge in [0.15, 0.2) is 0 Å². The molecule has 1 fully saturated rings. The summed E-state index contributed by atoms with van der Waals surface area (Å²) in [5.41, 5.74) is 4.59. The van der Waals surface area contributed by atoms with Crippen molar-refractivity contribution in [2.24, 2.45) is 0 Å². The summed E-state index contributed by atoms with van der Waals surface area (Å²) in [5, 5.41) is 1.95. The Morgan fingerprint density at radius 2 is 1.09 bits per heavy atom.